The number of pyridine rings is 1. The minimum Gasteiger partial charge on any atom is -0.394 e. The lowest BCUT2D eigenvalue weighted by Gasteiger charge is -2.19. The third-order valence-electron chi connectivity index (χ3n) is 5.93. The number of nitrogens with zero attached hydrogens (tertiary/aromatic N) is 4. The van der Waals surface area contributed by atoms with Crippen LogP contribution in [0.3, 0.4) is 0 Å². The predicted octanol–water partition coefficient (Wildman–Crippen LogP) is 4.39. The second kappa shape index (κ2) is 8.55. The van der Waals surface area contributed by atoms with Gasteiger partial charge in [0.15, 0.2) is 0 Å². The number of aliphatic hydroxyl groups is 1. The Morgan fingerprint density at radius 2 is 1.86 bits per heavy atom. The molecule has 3 aromatic heterocycles. The number of rotatable bonds is 5. The molecule has 0 aliphatic carbocycles. The molecule has 5 aromatic rings. The fraction of sp³-hybridized carbons (Fsp3) is 0.160. The summed E-state index contributed by atoms with van der Waals surface area (Å²) in [5.41, 5.74) is 2.71. The molecule has 10 heteroatoms. The first-order valence-electron chi connectivity index (χ1n) is 10.7. The number of halogens is 3. The summed E-state index contributed by atoms with van der Waals surface area (Å²) in [6.45, 7) is -0.532. The molecule has 178 valence electrons. The summed E-state index contributed by atoms with van der Waals surface area (Å²) in [6.07, 6.45) is 0.532. The summed E-state index contributed by atoms with van der Waals surface area (Å²) in [5, 5.41) is 22.3. The summed E-state index contributed by atoms with van der Waals surface area (Å²) in [7, 11) is 1.82. The molecule has 3 heterocycles. The van der Waals surface area contributed by atoms with Gasteiger partial charge in [-0.1, -0.05) is 18.2 Å². The number of nitrogens with one attached hydrogen (secondary N) is 1. The van der Waals surface area contributed by atoms with E-state index in [1.807, 2.05) is 31.4 Å². The molecule has 7 nitrogen and oxygen atoms in total. The van der Waals surface area contributed by atoms with Gasteiger partial charge in [-0.25, -0.2) is 0 Å². The van der Waals surface area contributed by atoms with Crippen molar-refractivity contribution >= 4 is 10.9 Å². The lowest BCUT2D eigenvalue weighted by Crippen LogP contribution is -2.27. The highest BCUT2D eigenvalue weighted by Gasteiger charge is 2.31. The van der Waals surface area contributed by atoms with E-state index in [0.29, 0.717) is 5.56 Å². The van der Waals surface area contributed by atoms with Crippen LogP contribution in [-0.4, -0.2) is 36.3 Å². The van der Waals surface area contributed by atoms with Gasteiger partial charge in [-0.2, -0.15) is 23.4 Å². The van der Waals surface area contributed by atoms with E-state index in [0.717, 1.165) is 39.9 Å². The minimum atomic E-state index is -4.52. The molecule has 0 aliphatic rings. The molecule has 0 fully saturated rings. The van der Waals surface area contributed by atoms with Crippen molar-refractivity contribution in [3.05, 3.63) is 94.7 Å². The van der Waals surface area contributed by atoms with Gasteiger partial charge in [0.2, 0.25) is 0 Å². The third kappa shape index (κ3) is 4.24. The van der Waals surface area contributed by atoms with Crippen LogP contribution in [0.25, 0.3) is 33.3 Å². The summed E-state index contributed by atoms with van der Waals surface area (Å²) < 4.78 is 42.3. The highest BCUT2D eigenvalue weighted by atomic mass is 19.4. The van der Waals surface area contributed by atoms with E-state index >= 15 is 0 Å². The van der Waals surface area contributed by atoms with E-state index in [1.165, 1.54) is 29.0 Å². The lowest BCUT2D eigenvalue weighted by molar-refractivity contribution is -0.137. The molecular formula is C25H20F3N5O2. The van der Waals surface area contributed by atoms with Crippen LogP contribution < -0.4 is 5.56 Å². The van der Waals surface area contributed by atoms with Gasteiger partial charge < -0.3 is 9.67 Å². The Morgan fingerprint density at radius 1 is 1.06 bits per heavy atom. The van der Waals surface area contributed by atoms with Crippen LogP contribution in [0.1, 0.15) is 17.2 Å². The normalized spacial score (nSPS) is 12.8. The molecule has 1 atom stereocenters. The van der Waals surface area contributed by atoms with Gasteiger partial charge >= 0.3 is 6.18 Å². The number of aliphatic hydroxyl groups excluding tert-OH is 1. The number of aromatic nitrogens is 5. The van der Waals surface area contributed by atoms with Gasteiger partial charge in [-0.15, -0.1) is 0 Å². The molecule has 2 N–H and O–H groups in total. The minimum absolute atomic E-state index is 0.193. The molecule has 5 rings (SSSR count). The highest BCUT2D eigenvalue weighted by Crippen LogP contribution is 2.32. The van der Waals surface area contributed by atoms with Gasteiger partial charge in [-0.05, 0) is 47.0 Å². The smallest absolute Gasteiger partial charge is 0.394 e. The molecule has 0 aliphatic heterocycles. The Morgan fingerprint density at radius 3 is 2.54 bits per heavy atom. The van der Waals surface area contributed by atoms with E-state index in [2.05, 4.69) is 15.3 Å². The first kappa shape index (κ1) is 22.6. The van der Waals surface area contributed by atoms with E-state index in [9.17, 15) is 23.1 Å². The molecule has 0 spiro atoms. The van der Waals surface area contributed by atoms with Crippen molar-refractivity contribution in [3.63, 3.8) is 0 Å². The third-order valence-corrected chi connectivity index (χ3v) is 5.93. The van der Waals surface area contributed by atoms with Crippen molar-refractivity contribution in [3.8, 4) is 22.4 Å². The SMILES string of the molecule is Cn1cc(-c2n[nH]c3ccc(-c4ccn(C(CO)c5cccc(C(F)(F)F)c5)c(=O)c4)cc23)cn1. The van der Waals surface area contributed by atoms with E-state index < -0.39 is 29.9 Å². The van der Waals surface area contributed by atoms with Gasteiger partial charge in [0.25, 0.3) is 5.56 Å². The quantitative estimate of drug-likeness (QED) is 0.391. The number of H-pyrrole nitrogens is 1. The van der Waals surface area contributed by atoms with Crippen molar-refractivity contribution in [1.82, 2.24) is 24.5 Å². The fourth-order valence-electron chi connectivity index (χ4n) is 4.16. The largest absolute Gasteiger partial charge is 0.416 e. The second-order valence-electron chi connectivity index (χ2n) is 8.22. The van der Waals surface area contributed by atoms with Crippen LogP contribution in [-0.2, 0) is 13.2 Å². The summed E-state index contributed by atoms with van der Waals surface area (Å²) in [4.78, 5) is 13.0. The van der Waals surface area contributed by atoms with Crippen molar-refractivity contribution in [2.45, 2.75) is 12.2 Å². The zero-order valence-corrected chi connectivity index (χ0v) is 18.5. The van der Waals surface area contributed by atoms with Gasteiger partial charge in [0.1, 0.15) is 5.69 Å². The van der Waals surface area contributed by atoms with Crippen molar-refractivity contribution in [1.29, 1.82) is 0 Å². The maximum absolute atomic E-state index is 13.1. The van der Waals surface area contributed by atoms with E-state index in [-0.39, 0.29) is 5.56 Å². The Bertz CT molecular complexity index is 1580. The number of aryl methyl sites for hydroxylation is 1. The molecule has 0 radical (unpaired) electrons. The number of fused-ring (bicyclic) bond motifs is 1. The predicted molar refractivity (Wildman–Crippen MR) is 125 cm³/mol. The van der Waals surface area contributed by atoms with Crippen molar-refractivity contribution in [2.75, 3.05) is 6.61 Å². The standard InChI is InChI=1S/C25H20F3N5O2/c1-32-13-18(12-29-32)24-20-10-15(5-6-21(20)30-31-24)16-7-8-33(23(35)11-16)22(14-34)17-3-2-4-19(9-17)25(26,27)28/h2-13,22,34H,14H2,1H3,(H,30,31). The second-order valence-corrected chi connectivity index (χ2v) is 8.22. The molecular weight excluding hydrogens is 459 g/mol. The summed E-state index contributed by atoms with van der Waals surface area (Å²) >= 11 is 0. The van der Waals surface area contributed by atoms with Crippen LogP contribution >= 0.6 is 0 Å². The highest BCUT2D eigenvalue weighted by molar-refractivity contribution is 5.95. The van der Waals surface area contributed by atoms with Gasteiger partial charge in [-0.3, -0.25) is 14.6 Å². The van der Waals surface area contributed by atoms with Crippen LogP contribution in [0, 0.1) is 0 Å². The molecule has 35 heavy (non-hydrogen) atoms. The van der Waals surface area contributed by atoms with Crippen LogP contribution in [0.4, 0.5) is 13.2 Å². The molecule has 1 unspecified atom stereocenters. The number of hydrogen-bond donors (Lipinski definition) is 2. The number of aromatic amines is 1. The Kier molecular flexibility index (Phi) is 5.52. The molecule has 0 saturated carbocycles. The van der Waals surface area contributed by atoms with Crippen molar-refractivity contribution < 1.29 is 18.3 Å². The van der Waals surface area contributed by atoms with Crippen molar-refractivity contribution in [2.24, 2.45) is 7.05 Å². The molecule has 0 amide bonds. The average molecular weight is 479 g/mol. The first-order chi connectivity index (χ1) is 16.7. The number of alkyl halides is 3. The van der Waals surface area contributed by atoms with E-state index in [4.69, 9.17) is 0 Å². The van der Waals surface area contributed by atoms with Crippen LogP contribution in [0.15, 0.2) is 78.0 Å². The van der Waals surface area contributed by atoms with E-state index in [1.54, 1.807) is 16.9 Å². The molecule has 0 bridgehead atoms. The monoisotopic (exact) mass is 479 g/mol. The van der Waals surface area contributed by atoms with Crippen LogP contribution in [0.5, 0.6) is 0 Å². The molecule has 2 aromatic carbocycles. The topological polar surface area (TPSA) is 88.7 Å². The average Bonchev–Trinajstić information content (AvgIpc) is 3.45. The Balaban J connectivity index is 1.52. The lowest BCUT2D eigenvalue weighted by atomic mass is 10.0. The zero-order valence-electron chi connectivity index (χ0n) is 18.5. The molecule has 0 saturated heterocycles. The number of hydrogen-bond acceptors (Lipinski definition) is 4. The Labute approximate surface area is 197 Å². The fourth-order valence-corrected chi connectivity index (χ4v) is 4.16. The summed E-state index contributed by atoms with van der Waals surface area (Å²) in [5.74, 6) is 0. The Hall–Kier alpha value is -4.18. The maximum atomic E-state index is 13.1. The van der Waals surface area contributed by atoms with Gasteiger partial charge in [0.05, 0.1) is 29.9 Å². The maximum Gasteiger partial charge on any atom is 0.416 e. The number of benzene rings is 2. The van der Waals surface area contributed by atoms with Gasteiger partial charge in [0, 0.05) is 36.5 Å². The first-order valence-corrected chi connectivity index (χ1v) is 10.7. The summed E-state index contributed by atoms with van der Waals surface area (Å²) in [6, 6.07) is 12.4. The zero-order chi connectivity index (χ0) is 24.7. The van der Waals surface area contributed by atoms with Crippen LogP contribution in [0.2, 0.25) is 0 Å².